The molecule has 3 rings (SSSR count). The minimum absolute atomic E-state index is 0.181. The van der Waals surface area contributed by atoms with Crippen LogP contribution in [0.5, 0.6) is 0 Å². The van der Waals surface area contributed by atoms with E-state index in [-0.39, 0.29) is 5.25 Å². The summed E-state index contributed by atoms with van der Waals surface area (Å²) in [5.41, 5.74) is 9.33. The molecule has 102 valence electrons. The summed E-state index contributed by atoms with van der Waals surface area (Å²) < 4.78 is 0. The van der Waals surface area contributed by atoms with E-state index in [0.29, 0.717) is 12.5 Å². The third-order valence-corrected chi connectivity index (χ3v) is 5.44. The van der Waals surface area contributed by atoms with Crippen LogP contribution in [-0.2, 0) is 17.8 Å². The number of nitrogens with zero attached hydrogens (tertiary/aromatic N) is 1. The molecule has 1 amide bonds. The topological polar surface area (TPSA) is 46.3 Å². The molecule has 0 bridgehead atoms. The average molecular weight is 276 g/mol. The average Bonchev–Trinajstić information content (AvgIpc) is 2.47. The van der Waals surface area contributed by atoms with E-state index in [1.54, 1.807) is 0 Å². The van der Waals surface area contributed by atoms with Gasteiger partial charge in [-0.3, -0.25) is 4.79 Å². The van der Waals surface area contributed by atoms with E-state index < -0.39 is 0 Å². The van der Waals surface area contributed by atoms with Crippen LogP contribution in [0.25, 0.3) is 0 Å². The second-order valence-electron chi connectivity index (χ2n) is 5.35. The Labute approximate surface area is 118 Å². The number of thioether (sulfide) groups is 1. The summed E-state index contributed by atoms with van der Waals surface area (Å²) in [4.78, 5) is 14.5. The quantitative estimate of drug-likeness (QED) is 0.801. The van der Waals surface area contributed by atoms with Gasteiger partial charge in [-0.25, -0.2) is 0 Å². The monoisotopic (exact) mass is 276 g/mol. The van der Waals surface area contributed by atoms with Crippen molar-refractivity contribution in [3.05, 3.63) is 29.3 Å². The lowest BCUT2D eigenvalue weighted by Crippen LogP contribution is -2.42. The molecule has 3 nitrogen and oxygen atoms in total. The van der Waals surface area contributed by atoms with Gasteiger partial charge in [-0.1, -0.05) is 18.6 Å². The van der Waals surface area contributed by atoms with E-state index in [4.69, 9.17) is 5.73 Å². The van der Waals surface area contributed by atoms with Crippen molar-refractivity contribution >= 4 is 23.4 Å². The van der Waals surface area contributed by atoms with E-state index in [9.17, 15) is 4.79 Å². The van der Waals surface area contributed by atoms with Gasteiger partial charge in [0.15, 0.2) is 0 Å². The van der Waals surface area contributed by atoms with Crippen LogP contribution in [0.4, 0.5) is 5.69 Å². The van der Waals surface area contributed by atoms with Crippen LogP contribution in [0.15, 0.2) is 18.2 Å². The van der Waals surface area contributed by atoms with Crippen molar-refractivity contribution in [1.82, 2.24) is 4.90 Å². The molecule has 0 aliphatic carbocycles. The van der Waals surface area contributed by atoms with Crippen LogP contribution in [0.2, 0.25) is 0 Å². The van der Waals surface area contributed by atoms with Gasteiger partial charge in [0.25, 0.3) is 0 Å². The van der Waals surface area contributed by atoms with E-state index in [1.807, 2.05) is 28.8 Å². The fourth-order valence-electron chi connectivity index (χ4n) is 2.93. The van der Waals surface area contributed by atoms with Crippen LogP contribution >= 0.6 is 11.8 Å². The zero-order valence-electron chi connectivity index (χ0n) is 11.1. The molecule has 2 heterocycles. The molecule has 0 radical (unpaired) electrons. The van der Waals surface area contributed by atoms with Gasteiger partial charge in [0, 0.05) is 18.8 Å². The largest absolute Gasteiger partial charge is 0.398 e. The Bertz CT molecular complexity index is 483. The lowest BCUT2D eigenvalue weighted by molar-refractivity contribution is -0.131. The number of benzene rings is 1. The molecule has 2 N–H and O–H groups in total. The Balaban J connectivity index is 1.74. The number of nitrogens with two attached hydrogens (primary N) is 1. The van der Waals surface area contributed by atoms with Gasteiger partial charge < -0.3 is 10.6 Å². The predicted molar refractivity (Wildman–Crippen MR) is 80.1 cm³/mol. The van der Waals surface area contributed by atoms with Crippen molar-refractivity contribution in [3.63, 3.8) is 0 Å². The van der Waals surface area contributed by atoms with Crippen molar-refractivity contribution in [2.75, 3.05) is 18.0 Å². The molecule has 0 aromatic heterocycles. The maximum absolute atomic E-state index is 12.5. The predicted octanol–water partition coefficient (Wildman–Crippen LogP) is 2.44. The summed E-state index contributed by atoms with van der Waals surface area (Å²) in [5, 5.41) is 0.181. The van der Waals surface area contributed by atoms with Crippen molar-refractivity contribution in [1.29, 1.82) is 0 Å². The number of carbonyl (C=O) groups excluding carboxylic acids is 1. The van der Waals surface area contributed by atoms with Crippen molar-refractivity contribution in [2.24, 2.45) is 0 Å². The summed E-state index contributed by atoms with van der Waals surface area (Å²) >= 11 is 1.83. The Morgan fingerprint density at radius 3 is 3.05 bits per heavy atom. The van der Waals surface area contributed by atoms with E-state index in [1.165, 1.54) is 18.4 Å². The summed E-state index contributed by atoms with van der Waals surface area (Å²) in [6, 6.07) is 6.06. The van der Waals surface area contributed by atoms with Gasteiger partial charge in [0.2, 0.25) is 5.91 Å². The molecule has 0 spiro atoms. The second-order valence-corrected chi connectivity index (χ2v) is 6.66. The number of anilines is 1. The van der Waals surface area contributed by atoms with Crippen molar-refractivity contribution in [2.45, 2.75) is 37.5 Å². The highest BCUT2D eigenvalue weighted by Gasteiger charge is 2.29. The van der Waals surface area contributed by atoms with Gasteiger partial charge in [-0.2, -0.15) is 0 Å². The molecular weight excluding hydrogens is 256 g/mol. The van der Waals surface area contributed by atoms with Gasteiger partial charge in [-0.05, 0) is 42.2 Å². The highest BCUT2D eigenvalue weighted by Crippen LogP contribution is 2.30. The first-order chi connectivity index (χ1) is 9.25. The fraction of sp³-hybridized carbons (Fsp3) is 0.533. The molecule has 1 atom stereocenters. The molecular formula is C15H20N2OS. The fourth-order valence-corrected chi connectivity index (χ4v) is 4.21. The molecule has 19 heavy (non-hydrogen) atoms. The molecule has 0 saturated carbocycles. The van der Waals surface area contributed by atoms with Gasteiger partial charge in [0.1, 0.15) is 0 Å². The van der Waals surface area contributed by atoms with Crippen LogP contribution in [0.3, 0.4) is 0 Å². The zero-order valence-corrected chi connectivity index (χ0v) is 11.9. The molecule has 1 aromatic rings. The number of nitrogen functional groups attached to an aromatic ring is 1. The van der Waals surface area contributed by atoms with Crippen LogP contribution in [0.1, 0.15) is 30.4 Å². The molecule has 1 aromatic carbocycles. The van der Waals surface area contributed by atoms with E-state index in [0.717, 1.165) is 36.4 Å². The number of hydrogen-bond donors (Lipinski definition) is 1. The van der Waals surface area contributed by atoms with Gasteiger partial charge >= 0.3 is 0 Å². The third-order valence-electron chi connectivity index (χ3n) is 4.08. The summed E-state index contributed by atoms with van der Waals surface area (Å²) in [5.74, 6) is 1.45. The number of carbonyl (C=O) groups is 1. The maximum Gasteiger partial charge on any atom is 0.235 e. The second kappa shape index (κ2) is 5.45. The Morgan fingerprint density at radius 1 is 1.37 bits per heavy atom. The number of rotatable bonds is 1. The highest BCUT2D eigenvalue weighted by atomic mass is 32.2. The van der Waals surface area contributed by atoms with Crippen LogP contribution in [-0.4, -0.2) is 28.4 Å². The van der Waals surface area contributed by atoms with E-state index >= 15 is 0 Å². The first kappa shape index (κ1) is 12.9. The van der Waals surface area contributed by atoms with Crippen LogP contribution < -0.4 is 5.73 Å². The van der Waals surface area contributed by atoms with E-state index in [2.05, 4.69) is 6.07 Å². The minimum Gasteiger partial charge on any atom is -0.398 e. The summed E-state index contributed by atoms with van der Waals surface area (Å²) in [6.45, 7) is 1.53. The lowest BCUT2D eigenvalue weighted by Gasteiger charge is -2.33. The molecule has 1 unspecified atom stereocenters. The molecule has 4 heteroatoms. The summed E-state index contributed by atoms with van der Waals surface area (Å²) in [7, 11) is 0. The third kappa shape index (κ3) is 2.59. The van der Waals surface area contributed by atoms with Gasteiger partial charge in [0.05, 0.1) is 5.25 Å². The number of amides is 1. The zero-order chi connectivity index (χ0) is 13.2. The minimum atomic E-state index is 0.181. The first-order valence-corrected chi connectivity index (χ1v) is 8.07. The Hall–Kier alpha value is -1.16. The normalized spacial score (nSPS) is 22.9. The molecule has 2 aliphatic heterocycles. The maximum atomic E-state index is 12.5. The SMILES string of the molecule is Nc1cccc2c1CN(C(=O)C1CCCCS1)CC2. The number of fused-ring (bicyclic) bond motifs is 1. The molecule has 1 saturated heterocycles. The highest BCUT2D eigenvalue weighted by molar-refractivity contribution is 8.00. The lowest BCUT2D eigenvalue weighted by atomic mass is 9.97. The molecule has 2 aliphatic rings. The smallest absolute Gasteiger partial charge is 0.235 e. The Kier molecular flexibility index (Phi) is 3.69. The van der Waals surface area contributed by atoms with Crippen molar-refractivity contribution in [3.8, 4) is 0 Å². The van der Waals surface area contributed by atoms with Crippen LogP contribution in [0, 0.1) is 0 Å². The summed E-state index contributed by atoms with van der Waals surface area (Å²) in [6.07, 6.45) is 4.42. The number of hydrogen-bond acceptors (Lipinski definition) is 3. The van der Waals surface area contributed by atoms with Gasteiger partial charge in [-0.15, -0.1) is 11.8 Å². The standard InChI is InChI=1S/C15H20N2OS/c16-13-5-3-4-11-7-8-17(10-12(11)13)15(18)14-6-1-2-9-19-14/h3-5,14H,1-2,6-10,16H2. The molecule has 1 fully saturated rings. The Morgan fingerprint density at radius 2 is 2.26 bits per heavy atom. The van der Waals surface area contributed by atoms with Crippen molar-refractivity contribution < 1.29 is 4.79 Å². The first-order valence-electron chi connectivity index (χ1n) is 7.02.